The van der Waals surface area contributed by atoms with Crippen LogP contribution in [-0.4, -0.2) is 23.9 Å². The van der Waals surface area contributed by atoms with E-state index in [0.717, 1.165) is 6.07 Å². The van der Waals surface area contributed by atoms with Gasteiger partial charge in [-0.3, -0.25) is 14.6 Å². The topological polar surface area (TPSA) is 80.3 Å². The van der Waals surface area contributed by atoms with E-state index in [-0.39, 0.29) is 16.3 Å². The molecule has 6 nitrogen and oxygen atoms in total. The molecule has 3 rings (SSSR count). The third kappa shape index (κ3) is 4.63. The third-order valence-corrected chi connectivity index (χ3v) is 4.05. The summed E-state index contributed by atoms with van der Waals surface area (Å²) in [4.78, 5) is 28.8. The van der Waals surface area contributed by atoms with Crippen LogP contribution in [-0.2, 0) is 0 Å². The Balaban J connectivity index is 1.74. The van der Waals surface area contributed by atoms with Crippen molar-refractivity contribution in [1.29, 1.82) is 0 Å². The number of nitrogens with one attached hydrogen (secondary N) is 2. The monoisotopic (exact) mass is 399 g/mol. The summed E-state index contributed by atoms with van der Waals surface area (Å²) in [5, 5.41) is 5.17. The van der Waals surface area contributed by atoms with Gasteiger partial charge in [-0.25, -0.2) is 4.39 Å². The third-order valence-electron chi connectivity index (χ3n) is 3.76. The molecule has 2 aromatic carbocycles. The van der Waals surface area contributed by atoms with Crippen molar-refractivity contribution in [2.75, 3.05) is 17.7 Å². The highest BCUT2D eigenvalue weighted by atomic mass is 35.5. The van der Waals surface area contributed by atoms with E-state index in [0.29, 0.717) is 17.1 Å². The first-order valence-corrected chi connectivity index (χ1v) is 8.52. The van der Waals surface area contributed by atoms with E-state index < -0.39 is 17.6 Å². The maximum atomic E-state index is 13.2. The minimum Gasteiger partial charge on any atom is -0.497 e. The second-order valence-electron chi connectivity index (χ2n) is 5.70. The van der Waals surface area contributed by atoms with Gasteiger partial charge in [-0.1, -0.05) is 17.7 Å². The zero-order valence-corrected chi connectivity index (χ0v) is 15.5. The minimum atomic E-state index is -0.589. The Morgan fingerprint density at radius 3 is 2.50 bits per heavy atom. The van der Waals surface area contributed by atoms with Crippen LogP contribution < -0.4 is 15.4 Å². The molecule has 0 unspecified atom stereocenters. The van der Waals surface area contributed by atoms with Gasteiger partial charge in [0.1, 0.15) is 17.3 Å². The molecule has 0 fully saturated rings. The predicted octanol–water partition coefficient (Wildman–Crippen LogP) is 4.39. The standard InChI is InChI=1S/C20H15ClFN3O3/c1-28-15-4-2-3-13(10-15)24-19(26)12-7-8-23-18(9-12)20(27)25-14-5-6-17(22)16(21)11-14/h2-11H,1H3,(H,24,26)(H,25,27). The van der Waals surface area contributed by atoms with Gasteiger partial charge in [0, 0.05) is 29.2 Å². The zero-order valence-electron chi connectivity index (χ0n) is 14.7. The molecule has 8 heteroatoms. The first-order chi connectivity index (χ1) is 13.5. The minimum absolute atomic E-state index is 0.0266. The van der Waals surface area contributed by atoms with Gasteiger partial charge < -0.3 is 15.4 Å². The highest BCUT2D eigenvalue weighted by Gasteiger charge is 2.13. The molecule has 0 radical (unpaired) electrons. The molecule has 2 amide bonds. The molecule has 0 bridgehead atoms. The summed E-state index contributed by atoms with van der Waals surface area (Å²) in [7, 11) is 1.53. The Hall–Kier alpha value is -3.45. The maximum absolute atomic E-state index is 13.2. The molecule has 142 valence electrons. The van der Waals surface area contributed by atoms with Crippen LogP contribution >= 0.6 is 11.6 Å². The molecule has 0 saturated carbocycles. The van der Waals surface area contributed by atoms with Crippen LogP contribution in [0.15, 0.2) is 60.8 Å². The van der Waals surface area contributed by atoms with Gasteiger partial charge in [0.2, 0.25) is 0 Å². The summed E-state index contributed by atoms with van der Waals surface area (Å²) in [5.74, 6) is -0.951. The van der Waals surface area contributed by atoms with Gasteiger partial charge in [-0.15, -0.1) is 0 Å². The molecular weight excluding hydrogens is 385 g/mol. The van der Waals surface area contributed by atoms with E-state index in [4.69, 9.17) is 16.3 Å². The Labute approximate surface area is 165 Å². The van der Waals surface area contributed by atoms with Gasteiger partial charge in [0.05, 0.1) is 12.1 Å². The molecule has 0 atom stereocenters. The fourth-order valence-electron chi connectivity index (χ4n) is 2.37. The summed E-state index contributed by atoms with van der Waals surface area (Å²) in [6, 6.07) is 13.5. The molecule has 0 spiro atoms. The lowest BCUT2D eigenvalue weighted by Gasteiger charge is -2.09. The van der Waals surface area contributed by atoms with Crippen molar-refractivity contribution in [2.45, 2.75) is 0 Å². The Bertz CT molecular complexity index is 1040. The quantitative estimate of drug-likeness (QED) is 0.667. The number of carbonyl (C=O) groups is 2. The van der Waals surface area contributed by atoms with Gasteiger partial charge in [0.15, 0.2) is 0 Å². The van der Waals surface area contributed by atoms with Gasteiger partial charge in [-0.05, 0) is 42.5 Å². The number of ether oxygens (including phenoxy) is 1. The largest absolute Gasteiger partial charge is 0.497 e. The zero-order chi connectivity index (χ0) is 20.1. The van der Waals surface area contributed by atoms with Crippen molar-refractivity contribution in [1.82, 2.24) is 4.98 Å². The first kappa shape index (κ1) is 19.3. The second kappa shape index (κ2) is 8.49. The second-order valence-corrected chi connectivity index (χ2v) is 6.11. The van der Waals surface area contributed by atoms with Crippen LogP contribution in [0.5, 0.6) is 5.75 Å². The molecular formula is C20H15ClFN3O3. The van der Waals surface area contributed by atoms with Crippen LogP contribution in [0.3, 0.4) is 0 Å². The smallest absolute Gasteiger partial charge is 0.274 e. The van der Waals surface area contributed by atoms with Crippen LogP contribution in [0.4, 0.5) is 15.8 Å². The van der Waals surface area contributed by atoms with E-state index in [1.165, 1.54) is 37.6 Å². The number of hydrogen-bond acceptors (Lipinski definition) is 4. The summed E-state index contributed by atoms with van der Waals surface area (Å²) in [6.07, 6.45) is 1.35. The number of benzene rings is 2. The van der Waals surface area contributed by atoms with Crippen LogP contribution in [0.2, 0.25) is 5.02 Å². The number of anilines is 2. The van der Waals surface area contributed by atoms with E-state index in [1.807, 2.05) is 0 Å². The number of amides is 2. The number of hydrogen-bond donors (Lipinski definition) is 2. The van der Waals surface area contributed by atoms with Crippen molar-refractivity contribution < 1.29 is 18.7 Å². The average molecular weight is 400 g/mol. The highest BCUT2D eigenvalue weighted by molar-refractivity contribution is 6.31. The number of halogens is 2. The molecule has 0 saturated heterocycles. The number of carbonyl (C=O) groups excluding carboxylic acids is 2. The van der Waals surface area contributed by atoms with Crippen molar-refractivity contribution in [3.63, 3.8) is 0 Å². The molecule has 3 aromatic rings. The van der Waals surface area contributed by atoms with E-state index in [9.17, 15) is 14.0 Å². The maximum Gasteiger partial charge on any atom is 0.274 e. The average Bonchev–Trinajstić information content (AvgIpc) is 2.71. The summed E-state index contributed by atoms with van der Waals surface area (Å²) in [5.41, 5.74) is 1.14. The molecule has 2 N–H and O–H groups in total. The van der Waals surface area contributed by atoms with E-state index in [2.05, 4.69) is 15.6 Å². The summed E-state index contributed by atoms with van der Waals surface area (Å²) >= 11 is 5.70. The van der Waals surface area contributed by atoms with Gasteiger partial charge in [-0.2, -0.15) is 0 Å². The number of aromatic nitrogens is 1. The Kier molecular flexibility index (Phi) is 5.86. The van der Waals surface area contributed by atoms with Crippen molar-refractivity contribution in [3.05, 3.63) is 82.9 Å². The van der Waals surface area contributed by atoms with Crippen LogP contribution in [0, 0.1) is 5.82 Å². The molecule has 1 heterocycles. The number of methoxy groups -OCH3 is 1. The SMILES string of the molecule is COc1cccc(NC(=O)c2ccnc(C(=O)Nc3ccc(F)c(Cl)c3)c2)c1. The van der Waals surface area contributed by atoms with Crippen LogP contribution in [0.25, 0.3) is 0 Å². The lowest BCUT2D eigenvalue weighted by molar-refractivity contribution is 0.102. The molecule has 0 aliphatic carbocycles. The van der Waals surface area contributed by atoms with Gasteiger partial charge >= 0.3 is 0 Å². The molecule has 0 aliphatic rings. The summed E-state index contributed by atoms with van der Waals surface area (Å²) in [6.45, 7) is 0. The Morgan fingerprint density at radius 1 is 1.00 bits per heavy atom. The Morgan fingerprint density at radius 2 is 1.75 bits per heavy atom. The van der Waals surface area contributed by atoms with Crippen molar-refractivity contribution >= 4 is 34.8 Å². The normalized spacial score (nSPS) is 10.2. The molecule has 1 aromatic heterocycles. The number of rotatable bonds is 5. The molecule has 28 heavy (non-hydrogen) atoms. The predicted molar refractivity (Wildman–Crippen MR) is 105 cm³/mol. The fraction of sp³-hybridized carbons (Fsp3) is 0.0500. The van der Waals surface area contributed by atoms with Crippen molar-refractivity contribution in [3.8, 4) is 5.75 Å². The van der Waals surface area contributed by atoms with Crippen LogP contribution in [0.1, 0.15) is 20.8 Å². The molecule has 0 aliphatic heterocycles. The summed E-state index contributed by atoms with van der Waals surface area (Å²) < 4.78 is 18.3. The fourth-order valence-corrected chi connectivity index (χ4v) is 2.55. The lowest BCUT2D eigenvalue weighted by Crippen LogP contribution is -2.17. The van der Waals surface area contributed by atoms with E-state index >= 15 is 0 Å². The van der Waals surface area contributed by atoms with Gasteiger partial charge in [0.25, 0.3) is 11.8 Å². The number of nitrogens with zero attached hydrogens (tertiary/aromatic N) is 1. The van der Waals surface area contributed by atoms with Crippen molar-refractivity contribution in [2.24, 2.45) is 0 Å². The highest BCUT2D eigenvalue weighted by Crippen LogP contribution is 2.20. The van der Waals surface area contributed by atoms with E-state index in [1.54, 1.807) is 24.3 Å². The lowest BCUT2D eigenvalue weighted by atomic mass is 10.2. The first-order valence-electron chi connectivity index (χ1n) is 8.14. The number of pyridine rings is 1.